The first-order valence-corrected chi connectivity index (χ1v) is 16.6. The van der Waals surface area contributed by atoms with E-state index < -0.39 is 0 Å². The molecule has 0 unspecified atom stereocenters. The zero-order valence-corrected chi connectivity index (χ0v) is 25.7. The quantitative estimate of drug-likeness (QED) is 0.123. The van der Waals surface area contributed by atoms with Crippen molar-refractivity contribution < 1.29 is 4.79 Å². The number of carbonyl (C=O) groups excluding carboxylic acids is 1. The molecule has 1 heterocycles. The van der Waals surface area contributed by atoms with E-state index in [2.05, 4.69) is 41.1 Å². The van der Waals surface area contributed by atoms with Crippen LogP contribution in [0.3, 0.4) is 0 Å². The van der Waals surface area contributed by atoms with Gasteiger partial charge in [0.2, 0.25) is 0 Å². The number of carbonyl (C=O) groups is 1. The fourth-order valence-corrected chi connectivity index (χ4v) is 5.79. The van der Waals surface area contributed by atoms with Gasteiger partial charge in [0.05, 0.1) is 21.6 Å². The van der Waals surface area contributed by atoms with Gasteiger partial charge in [0.15, 0.2) is 0 Å². The Labute approximate surface area is 248 Å². The molecule has 1 N–H and O–H groups in total. The predicted molar refractivity (Wildman–Crippen MR) is 171 cm³/mol. The Bertz CT molecular complexity index is 1110. The topological polar surface area (TPSA) is 46.9 Å². The fourth-order valence-electron chi connectivity index (χ4n) is 5.57. The summed E-state index contributed by atoms with van der Waals surface area (Å²) >= 11 is 6.16. The smallest absolute Gasteiger partial charge is 0.252 e. The van der Waals surface area contributed by atoms with Gasteiger partial charge in [0, 0.05) is 19.5 Å². The number of aromatic nitrogens is 2. The van der Waals surface area contributed by atoms with Crippen molar-refractivity contribution in [2.45, 2.75) is 129 Å². The Morgan fingerprint density at radius 2 is 1.27 bits per heavy atom. The number of unbranched alkanes of at least 4 members (excludes halogenated alkanes) is 15. The summed E-state index contributed by atoms with van der Waals surface area (Å²) in [5.41, 5.74) is 2.81. The number of imidazole rings is 1. The van der Waals surface area contributed by atoms with Gasteiger partial charge in [-0.15, -0.1) is 0 Å². The van der Waals surface area contributed by atoms with Gasteiger partial charge in [0.25, 0.3) is 5.91 Å². The Balaban J connectivity index is 1.28. The summed E-state index contributed by atoms with van der Waals surface area (Å²) in [6.07, 6.45) is 23.9. The Hall–Kier alpha value is -2.33. The number of hydrogen-bond acceptors (Lipinski definition) is 2. The third-order valence-corrected chi connectivity index (χ3v) is 8.28. The van der Waals surface area contributed by atoms with Crippen LogP contribution in [0.4, 0.5) is 0 Å². The lowest BCUT2D eigenvalue weighted by molar-refractivity contribution is 0.0953. The van der Waals surface area contributed by atoms with E-state index in [0.717, 1.165) is 30.7 Å². The maximum Gasteiger partial charge on any atom is 0.252 e. The molecule has 220 valence electrons. The molecule has 40 heavy (non-hydrogen) atoms. The number of nitrogens with one attached hydrogen (secondary N) is 1. The lowest BCUT2D eigenvalue weighted by Gasteiger charge is -2.10. The second-order valence-electron chi connectivity index (χ2n) is 11.3. The number of para-hydroxylation sites is 2. The fraction of sp³-hybridized carbons (Fsp3) is 0.600. The molecular formula is C35H52ClN3O. The second kappa shape index (κ2) is 19.7. The van der Waals surface area contributed by atoms with E-state index in [1.807, 2.05) is 12.1 Å². The van der Waals surface area contributed by atoms with Crippen molar-refractivity contribution in [2.24, 2.45) is 0 Å². The highest BCUT2D eigenvalue weighted by Gasteiger charge is 2.12. The van der Waals surface area contributed by atoms with Crippen LogP contribution < -0.4 is 5.32 Å². The van der Waals surface area contributed by atoms with Crippen LogP contribution >= 0.6 is 11.6 Å². The van der Waals surface area contributed by atoms with Crippen LogP contribution in [-0.2, 0) is 13.0 Å². The summed E-state index contributed by atoms with van der Waals surface area (Å²) in [6.45, 7) is 3.91. The van der Waals surface area contributed by atoms with Crippen LogP contribution in [0.25, 0.3) is 11.0 Å². The molecule has 0 spiro atoms. The van der Waals surface area contributed by atoms with Crippen molar-refractivity contribution in [3.63, 3.8) is 0 Å². The monoisotopic (exact) mass is 565 g/mol. The van der Waals surface area contributed by atoms with E-state index in [0.29, 0.717) is 17.1 Å². The minimum atomic E-state index is -0.118. The van der Waals surface area contributed by atoms with Crippen LogP contribution in [0.1, 0.15) is 132 Å². The van der Waals surface area contributed by atoms with Crippen molar-refractivity contribution in [3.05, 3.63) is 64.9 Å². The molecule has 0 aliphatic carbocycles. The molecule has 0 aliphatic rings. The van der Waals surface area contributed by atoms with Gasteiger partial charge in [-0.2, -0.15) is 0 Å². The average molecular weight is 566 g/mol. The van der Waals surface area contributed by atoms with E-state index in [1.165, 1.54) is 108 Å². The molecule has 3 aromatic rings. The molecule has 0 atom stereocenters. The molecule has 1 aromatic heterocycles. The van der Waals surface area contributed by atoms with Gasteiger partial charge >= 0.3 is 0 Å². The molecule has 3 rings (SSSR count). The number of halogens is 1. The highest BCUT2D eigenvalue weighted by Crippen LogP contribution is 2.20. The van der Waals surface area contributed by atoms with Crippen molar-refractivity contribution >= 4 is 28.5 Å². The lowest BCUT2D eigenvalue weighted by atomic mass is 10.0. The number of aryl methyl sites for hydroxylation is 2. The standard InChI is InChI=1S/C35H52ClN3O/c1-2-3-4-5-6-7-8-9-10-11-12-13-14-15-16-21-29-39-33-26-20-19-25-32(33)38-34(39)27-22-28-37-35(40)30-23-17-18-24-31(30)36/h17-20,23-26H,2-16,21-22,27-29H2,1H3,(H,37,40). The third-order valence-electron chi connectivity index (χ3n) is 7.95. The first-order chi connectivity index (χ1) is 19.7. The maximum absolute atomic E-state index is 12.4. The third kappa shape index (κ3) is 11.6. The Morgan fingerprint density at radius 3 is 1.90 bits per heavy atom. The minimum absolute atomic E-state index is 0.118. The number of hydrogen-bond donors (Lipinski definition) is 1. The van der Waals surface area contributed by atoms with Gasteiger partial charge in [0.1, 0.15) is 5.82 Å². The molecule has 0 fully saturated rings. The second-order valence-corrected chi connectivity index (χ2v) is 11.7. The van der Waals surface area contributed by atoms with Crippen LogP contribution in [0.2, 0.25) is 5.02 Å². The number of fused-ring (bicyclic) bond motifs is 1. The van der Waals surface area contributed by atoms with Gasteiger partial charge in [-0.05, 0) is 37.1 Å². The molecule has 2 aromatic carbocycles. The molecule has 0 radical (unpaired) electrons. The van der Waals surface area contributed by atoms with E-state index in [-0.39, 0.29) is 5.91 Å². The summed E-state index contributed by atoms with van der Waals surface area (Å²) in [6, 6.07) is 15.6. The molecule has 0 saturated carbocycles. The normalized spacial score (nSPS) is 11.3. The van der Waals surface area contributed by atoms with Crippen molar-refractivity contribution in [2.75, 3.05) is 6.54 Å². The van der Waals surface area contributed by atoms with E-state index in [4.69, 9.17) is 16.6 Å². The van der Waals surface area contributed by atoms with Gasteiger partial charge in [-0.3, -0.25) is 4.79 Å². The van der Waals surface area contributed by atoms with Crippen molar-refractivity contribution in [1.82, 2.24) is 14.9 Å². The molecule has 0 saturated heterocycles. The van der Waals surface area contributed by atoms with Crippen LogP contribution in [0.5, 0.6) is 0 Å². The van der Waals surface area contributed by atoms with Crippen LogP contribution in [0, 0.1) is 0 Å². The molecule has 5 heteroatoms. The zero-order valence-electron chi connectivity index (χ0n) is 24.9. The van der Waals surface area contributed by atoms with E-state index >= 15 is 0 Å². The van der Waals surface area contributed by atoms with Gasteiger partial charge in [-0.1, -0.05) is 139 Å². The number of benzene rings is 2. The van der Waals surface area contributed by atoms with E-state index in [9.17, 15) is 4.79 Å². The molecule has 4 nitrogen and oxygen atoms in total. The highest BCUT2D eigenvalue weighted by molar-refractivity contribution is 6.33. The largest absolute Gasteiger partial charge is 0.352 e. The summed E-state index contributed by atoms with van der Waals surface area (Å²) in [5.74, 6) is 1.00. The first-order valence-electron chi connectivity index (χ1n) is 16.2. The van der Waals surface area contributed by atoms with Gasteiger partial charge < -0.3 is 9.88 Å². The first kappa shape index (κ1) is 32.2. The zero-order chi connectivity index (χ0) is 28.3. The summed E-state index contributed by atoms with van der Waals surface area (Å²) in [4.78, 5) is 17.4. The highest BCUT2D eigenvalue weighted by atomic mass is 35.5. The lowest BCUT2D eigenvalue weighted by Crippen LogP contribution is -2.25. The van der Waals surface area contributed by atoms with Crippen LogP contribution in [0.15, 0.2) is 48.5 Å². The number of nitrogens with zero attached hydrogens (tertiary/aromatic N) is 2. The number of rotatable bonds is 22. The van der Waals surface area contributed by atoms with Crippen molar-refractivity contribution in [3.8, 4) is 0 Å². The van der Waals surface area contributed by atoms with E-state index in [1.54, 1.807) is 12.1 Å². The molecule has 0 aliphatic heterocycles. The number of amides is 1. The average Bonchev–Trinajstić information content (AvgIpc) is 3.32. The summed E-state index contributed by atoms with van der Waals surface area (Å²) in [7, 11) is 0. The summed E-state index contributed by atoms with van der Waals surface area (Å²) < 4.78 is 2.40. The predicted octanol–water partition coefficient (Wildman–Crippen LogP) is 10.3. The Kier molecular flexibility index (Phi) is 15.8. The SMILES string of the molecule is CCCCCCCCCCCCCCCCCCn1c(CCCNC(=O)c2ccccc2Cl)nc2ccccc21. The molecule has 1 amide bonds. The molecular weight excluding hydrogens is 514 g/mol. The van der Waals surface area contributed by atoms with Gasteiger partial charge in [-0.25, -0.2) is 4.98 Å². The van der Waals surface area contributed by atoms with Crippen molar-refractivity contribution in [1.29, 1.82) is 0 Å². The Morgan fingerprint density at radius 1 is 0.725 bits per heavy atom. The maximum atomic E-state index is 12.4. The molecule has 0 bridgehead atoms. The van der Waals surface area contributed by atoms with Crippen LogP contribution in [-0.4, -0.2) is 22.0 Å². The minimum Gasteiger partial charge on any atom is -0.352 e. The summed E-state index contributed by atoms with van der Waals surface area (Å²) in [5, 5.41) is 3.49.